The number of hydrogen-bond acceptors (Lipinski definition) is 1. The quantitative estimate of drug-likeness (QED) is 0.198. The maximum absolute atomic E-state index is 8.28. The molecule has 4 aromatic carbocycles. The summed E-state index contributed by atoms with van der Waals surface area (Å²) >= 11 is 2.17. The van der Waals surface area contributed by atoms with E-state index in [-0.39, 0.29) is 0 Å². The van der Waals surface area contributed by atoms with E-state index in [1.165, 1.54) is 0 Å². The Morgan fingerprint density at radius 2 is 0.944 bits per heavy atom. The third-order valence-corrected chi connectivity index (χ3v) is 30.3. The Kier molecular flexibility index (Phi) is 6.24. The van der Waals surface area contributed by atoms with Gasteiger partial charge in [0.15, 0.2) is 0 Å². The van der Waals surface area contributed by atoms with Crippen molar-refractivity contribution in [2.75, 3.05) is 0 Å². The fourth-order valence-corrected chi connectivity index (χ4v) is 28.5. The molecule has 0 fully saturated rings. The zero-order chi connectivity index (χ0) is 25.2. The van der Waals surface area contributed by atoms with Gasteiger partial charge >= 0.3 is 243 Å². The van der Waals surface area contributed by atoms with E-state index in [1.54, 1.807) is 0 Å². The van der Waals surface area contributed by atoms with E-state index in [0.29, 0.717) is 0 Å². The molecule has 0 spiro atoms. The Hall–Kier alpha value is -0.867. The molecule has 0 aromatic heterocycles. The first-order chi connectivity index (χ1) is 17.2. The summed E-state index contributed by atoms with van der Waals surface area (Å²) in [5.41, 5.74) is 6.43. The van der Waals surface area contributed by atoms with Crippen LogP contribution in [0.2, 0.25) is 0 Å². The summed E-state index contributed by atoms with van der Waals surface area (Å²) in [5.74, 6) is 0. The van der Waals surface area contributed by atoms with Gasteiger partial charge in [-0.25, -0.2) is 0 Å². The molecule has 2 atom stereocenters. The zero-order valence-corrected chi connectivity index (χ0v) is 27.0. The normalized spacial score (nSPS) is 23.2. The number of hydrogen-bond donors (Lipinski definition) is 1. The second kappa shape index (κ2) is 8.83. The predicted octanol–water partition coefficient (Wildman–Crippen LogP) is 10.3. The van der Waals surface area contributed by atoms with Crippen LogP contribution in [0, 0.1) is 0 Å². The van der Waals surface area contributed by atoms with Crippen molar-refractivity contribution in [3.63, 3.8) is 0 Å². The van der Waals surface area contributed by atoms with Crippen LogP contribution in [-0.2, 0) is 21.2 Å². The van der Waals surface area contributed by atoms with Crippen molar-refractivity contribution in [3.8, 4) is 0 Å². The molecular formula is C30H21Br2Cl2SZr. The third kappa shape index (κ3) is 3.22. The van der Waals surface area contributed by atoms with Crippen molar-refractivity contribution in [2.45, 2.75) is 6.25 Å². The molecule has 0 saturated heterocycles. The van der Waals surface area contributed by atoms with Crippen LogP contribution < -0.4 is 0 Å². The van der Waals surface area contributed by atoms with Crippen molar-refractivity contribution in [1.82, 2.24) is 0 Å². The number of thiol groups is 1. The monoisotopic (exact) mass is 731 g/mol. The van der Waals surface area contributed by atoms with Gasteiger partial charge in [-0.15, -0.1) is 0 Å². The summed E-state index contributed by atoms with van der Waals surface area (Å²) in [6.45, 7) is 0. The molecule has 0 nitrogen and oxygen atoms in total. The number of benzene rings is 4. The molecule has 0 bridgehead atoms. The molecule has 0 heterocycles. The first-order valence-corrected chi connectivity index (χ1v) is 25.7. The molecule has 0 amide bonds. The average molecular weight is 736 g/mol. The van der Waals surface area contributed by atoms with Gasteiger partial charge in [-0.1, -0.05) is 0 Å². The molecule has 0 radical (unpaired) electrons. The number of halogens is 4. The van der Waals surface area contributed by atoms with E-state index in [4.69, 9.17) is 26.4 Å². The van der Waals surface area contributed by atoms with E-state index in [0.717, 1.165) is 42.3 Å². The summed E-state index contributed by atoms with van der Waals surface area (Å²) in [6, 6.07) is 33.3. The van der Waals surface area contributed by atoms with E-state index >= 15 is 0 Å². The minimum atomic E-state index is -5.59. The van der Waals surface area contributed by atoms with Crippen LogP contribution in [0.5, 0.6) is 0 Å². The van der Waals surface area contributed by atoms with Gasteiger partial charge in [0.1, 0.15) is 0 Å². The molecule has 0 N–H and O–H groups in total. The Labute approximate surface area is 240 Å². The zero-order valence-electron chi connectivity index (χ0n) is 19.0. The fraction of sp³-hybridized carbons (Fsp3) is 0.0667. The minimum absolute atomic E-state index is 0.832. The first kappa shape index (κ1) is 25.4. The molecule has 0 aliphatic heterocycles. The SMILES string of the molecule is [SH][Zr]([Cl])([Cl])([C]1(c2ccccc2)C=Cc2cccc(Br)c21)[C]1(c2ccccc2)C=Cc2cccc(Br)c21. The summed E-state index contributed by atoms with van der Waals surface area (Å²) in [5, 5.41) is 0. The average Bonchev–Trinajstić information content (AvgIpc) is 3.48. The van der Waals surface area contributed by atoms with Gasteiger partial charge in [0.2, 0.25) is 0 Å². The van der Waals surface area contributed by atoms with Crippen LogP contribution in [0.15, 0.2) is 118 Å². The van der Waals surface area contributed by atoms with Crippen LogP contribution in [0.4, 0.5) is 0 Å². The van der Waals surface area contributed by atoms with Crippen molar-refractivity contribution in [3.05, 3.63) is 152 Å². The van der Waals surface area contributed by atoms with Gasteiger partial charge in [0.05, 0.1) is 0 Å². The summed E-state index contributed by atoms with van der Waals surface area (Å²) in [7, 11) is 22.2. The van der Waals surface area contributed by atoms with Crippen molar-refractivity contribution >= 4 is 70.4 Å². The standard InChI is InChI=1S/2C15H10Br.2ClH.H2S.Zr/c2*16-14-8-4-7-12-9-10-13(15(12)14)11-5-2-1-3-6-11;;;;/h2*1-10H;2*1H;1H2;/q;;;;;+3/p-3. The van der Waals surface area contributed by atoms with Gasteiger partial charge in [0, 0.05) is 0 Å². The van der Waals surface area contributed by atoms with Gasteiger partial charge in [0.25, 0.3) is 0 Å². The van der Waals surface area contributed by atoms with Crippen LogP contribution in [0.3, 0.4) is 0 Å². The van der Waals surface area contributed by atoms with Crippen LogP contribution in [-0.4, -0.2) is 0 Å². The molecule has 36 heavy (non-hydrogen) atoms. The summed E-state index contributed by atoms with van der Waals surface area (Å²) in [4.78, 5) is 0. The van der Waals surface area contributed by atoms with Crippen LogP contribution >= 0.6 is 58.3 Å². The molecular weight excluding hydrogens is 714 g/mol. The molecule has 2 aliphatic rings. The Balaban J connectivity index is 1.82. The Morgan fingerprint density at radius 1 is 0.556 bits per heavy atom. The number of fused-ring (bicyclic) bond motifs is 2. The van der Waals surface area contributed by atoms with E-state index in [1.807, 2.05) is 24.3 Å². The van der Waals surface area contributed by atoms with Crippen LogP contribution in [0.25, 0.3) is 12.2 Å². The molecule has 0 saturated carbocycles. The molecule has 2 aliphatic carbocycles. The third-order valence-electron chi connectivity index (χ3n) is 7.71. The molecule has 4 aromatic rings. The fourth-order valence-electron chi connectivity index (χ4n) is 6.18. The first-order valence-electron chi connectivity index (χ1n) is 11.6. The maximum atomic E-state index is 8.28. The van der Waals surface area contributed by atoms with E-state index in [9.17, 15) is 0 Å². The van der Waals surface area contributed by atoms with Gasteiger partial charge < -0.3 is 0 Å². The molecule has 6 heteroatoms. The topological polar surface area (TPSA) is 0 Å². The van der Waals surface area contributed by atoms with Gasteiger partial charge in [-0.05, 0) is 0 Å². The predicted molar refractivity (Wildman–Crippen MR) is 161 cm³/mol. The van der Waals surface area contributed by atoms with E-state index < -0.39 is 21.2 Å². The Morgan fingerprint density at radius 3 is 1.33 bits per heavy atom. The van der Waals surface area contributed by atoms with Crippen LogP contribution in [0.1, 0.15) is 33.4 Å². The van der Waals surface area contributed by atoms with Crippen molar-refractivity contribution in [1.29, 1.82) is 0 Å². The Bertz CT molecular complexity index is 1450. The second-order valence-electron chi connectivity index (χ2n) is 9.39. The van der Waals surface area contributed by atoms with Crippen molar-refractivity contribution in [2.24, 2.45) is 0 Å². The molecule has 2 unspecified atom stereocenters. The molecule has 179 valence electrons. The summed E-state index contributed by atoms with van der Waals surface area (Å²) < 4.78 is 0.284. The van der Waals surface area contributed by atoms with E-state index in [2.05, 4.69) is 129 Å². The second-order valence-corrected chi connectivity index (χ2v) is 38.2. The van der Waals surface area contributed by atoms with Crippen molar-refractivity contribution < 1.29 is 14.9 Å². The molecule has 6 rings (SSSR count). The van der Waals surface area contributed by atoms with Gasteiger partial charge in [-0.2, -0.15) is 0 Å². The number of allylic oxidation sites excluding steroid dienone is 2. The number of rotatable bonds is 4. The van der Waals surface area contributed by atoms with Gasteiger partial charge in [-0.3, -0.25) is 0 Å². The summed E-state index contributed by atoms with van der Waals surface area (Å²) in [6.07, 6.45) is 8.73.